The summed E-state index contributed by atoms with van der Waals surface area (Å²) in [4.78, 5) is 2.37. The van der Waals surface area contributed by atoms with Crippen LogP contribution in [0.2, 0.25) is 0 Å². The molecule has 0 bridgehead atoms. The van der Waals surface area contributed by atoms with Crippen LogP contribution in [-0.2, 0) is 18.8 Å². The van der Waals surface area contributed by atoms with Gasteiger partial charge in [-0.25, -0.2) is 0 Å². The minimum Gasteiger partial charge on any atom is -0.399 e. The smallest absolute Gasteiger partial charge is 0.399 e. The van der Waals surface area contributed by atoms with Gasteiger partial charge in [-0.3, -0.25) is 0 Å². The molecule has 0 amide bonds. The fourth-order valence-corrected chi connectivity index (χ4v) is 3.22. The van der Waals surface area contributed by atoms with Crippen LogP contribution in [0.25, 0.3) is 0 Å². The maximum Gasteiger partial charge on any atom is 0.494 e. The van der Waals surface area contributed by atoms with E-state index in [1.165, 1.54) is 5.69 Å². The van der Waals surface area contributed by atoms with Gasteiger partial charge in [-0.2, -0.15) is 0 Å². The highest BCUT2D eigenvalue weighted by atomic mass is 16.7. The van der Waals surface area contributed by atoms with Crippen molar-refractivity contribution in [3.8, 4) is 0 Å². The zero-order chi connectivity index (χ0) is 18.1. The summed E-state index contributed by atoms with van der Waals surface area (Å²) < 4.78 is 23.1. The normalized spacial score (nSPS) is 24.9. The molecule has 1 aromatic rings. The van der Waals surface area contributed by atoms with Crippen molar-refractivity contribution in [2.24, 2.45) is 0 Å². The van der Waals surface area contributed by atoms with Gasteiger partial charge in [0.15, 0.2) is 0 Å². The predicted octanol–water partition coefficient (Wildman–Crippen LogP) is 2.23. The maximum absolute atomic E-state index is 6.12. The van der Waals surface area contributed by atoms with Crippen molar-refractivity contribution in [1.29, 1.82) is 0 Å². The van der Waals surface area contributed by atoms with Crippen molar-refractivity contribution in [3.05, 3.63) is 24.3 Å². The quantitative estimate of drug-likeness (QED) is 0.583. The lowest BCUT2D eigenvalue weighted by Gasteiger charge is -2.32. The molecule has 1 unspecified atom stereocenters. The number of methoxy groups -OCH3 is 1. The molecular weight excluding hydrogens is 317 g/mol. The van der Waals surface area contributed by atoms with Crippen LogP contribution in [0.3, 0.4) is 0 Å². The zero-order valence-electron chi connectivity index (χ0n) is 16.1. The van der Waals surface area contributed by atoms with E-state index in [2.05, 4.69) is 56.9 Å². The molecule has 0 N–H and O–H groups in total. The van der Waals surface area contributed by atoms with E-state index in [1.807, 2.05) is 0 Å². The molecule has 3 rings (SSSR count). The lowest BCUT2D eigenvalue weighted by molar-refractivity contribution is 0.00578. The fourth-order valence-electron chi connectivity index (χ4n) is 3.22. The van der Waals surface area contributed by atoms with Crippen molar-refractivity contribution in [2.75, 3.05) is 38.3 Å². The van der Waals surface area contributed by atoms with Gasteiger partial charge < -0.3 is 23.7 Å². The van der Waals surface area contributed by atoms with E-state index >= 15 is 0 Å². The molecule has 2 saturated heterocycles. The third-order valence-corrected chi connectivity index (χ3v) is 5.57. The highest BCUT2D eigenvalue weighted by Gasteiger charge is 2.51. The van der Waals surface area contributed by atoms with E-state index in [0.717, 1.165) is 25.0 Å². The molecule has 2 aliphatic heterocycles. The summed E-state index contributed by atoms with van der Waals surface area (Å²) >= 11 is 0. The second kappa shape index (κ2) is 7.27. The van der Waals surface area contributed by atoms with Gasteiger partial charge in [-0.1, -0.05) is 12.1 Å². The minimum absolute atomic E-state index is 0.290. The Morgan fingerprint density at radius 3 is 2.32 bits per heavy atom. The molecule has 0 radical (unpaired) electrons. The van der Waals surface area contributed by atoms with E-state index in [-0.39, 0.29) is 24.4 Å². The molecule has 2 aliphatic rings. The van der Waals surface area contributed by atoms with Gasteiger partial charge in [0.1, 0.15) is 0 Å². The number of hydrogen-bond acceptors (Lipinski definition) is 5. The average molecular weight is 347 g/mol. The predicted molar refractivity (Wildman–Crippen MR) is 101 cm³/mol. The molecule has 1 atom stereocenters. The van der Waals surface area contributed by atoms with Crippen LogP contribution in [0.5, 0.6) is 0 Å². The first-order valence-electron chi connectivity index (χ1n) is 9.13. The Kier molecular flexibility index (Phi) is 5.44. The Balaban J connectivity index is 1.58. The molecule has 5 nitrogen and oxygen atoms in total. The number of ether oxygens (including phenoxy) is 2. The Bertz CT molecular complexity index is 559. The van der Waals surface area contributed by atoms with Crippen LogP contribution < -0.4 is 10.4 Å². The number of hydrogen-bond donors (Lipinski definition) is 0. The van der Waals surface area contributed by atoms with Gasteiger partial charge in [0.05, 0.1) is 30.5 Å². The Hall–Kier alpha value is -1.08. The van der Waals surface area contributed by atoms with Gasteiger partial charge >= 0.3 is 7.12 Å². The lowest BCUT2D eigenvalue weighted by Crippen LogP contribution is -2.41. The Labute approximate surface area is 151 Å². The van der Waals surface area contributed by atoms with Crippen LogP contribution in [0.15, 0.2) is 24.3 Å². The summed E-state index contributed by atoms with van der Waals surface area (Å²) in [6.07, 6.45) is 1.35. The number of benzene rings is 1. The SMILES string of the molecule is COCCOC1CCN(c2ccc(B3OC(C)(C)C(C)(C)O3)cc2)C1. The van der Waals surface area contributed by atoms with E-state index in [0.29, 0.717) is 13.2 Å². The van der Waals surface area contributed by atoms with Crippen LogP contribution >= 0.6 is 0 Å². The van der Waals surface area contributed by atoms with Crippen molar-refractivity contribution in [2.45, 2.75) is 51.4 Å². The molecule has 0 aromatic heterocycles. The Morgan fingerprint density at radius 2 is 1.72 bits per heavy atom. The van der Waals surface area contributed by atoms with Gasteiger partial charge in [0, 0.05) is 25.9 Å². The van der Waals surface area contributed by atoms with Crippen molar-refractivity contribution < 1.29 is 18.8 Å². The molecule has 1 aromatic carbocycles. The Morgan fingerprint density at radius 1 is 1.08 bits per heavy atom. The van der Waals surface area contributed by atoms with E-state index in [1.54, 1.807) is 7.11 Å². The van der Waals surface area contributed by atoms with Gasteiger partial charge in [-0.15, -0.1) is 0 Å². The van der Waals surface area contributed by atoms with Crippen molar-refractivity contribution >= 4 is 18.3 Å². The molecule has 6 heteroatoms. The highest BCUT2D eigenvalue weighted by Crippen LogP contribution is 2.36. The third-order valence-electron chi connectivity index (χ3n) is 5.57. The molecule has 0 aliphatic carbocycles. The van der Waals surface area contributed by atoms with Gasteiger partial charge in [0.2, 0.25) is 0 Å². The minimum atomic E-state index is -0.307. The second-order valence-electron chi connectivity index (χ2n) is 7.90. The largest absolute Gasteiger partial charge is 0.494 e. The van der Waals surface area contributed by atoms with E-state index < -0.39 is 0 Å². The van der Waals surface area contributed by atoms with Crippen LogP contribution in [0.4, 0.5) is 5.69 Å². The second-order valence-corrected chi connectivity index (χ2v) is 7.90. The molecule has 25 heavy (non-hydrogen) atoms. The summed E-state index contributed by atoms with van der Waals surface area (Å²) in [7, 11) is 1.40. The summed E-state index contributed by atoms with van der Waals surface area (Å²) in [5.74, 6) is 0. The standard InChI is InChI=1S/C19H30BNO4/c1-18(2)19(3,4)25-20(24-18)15-6-8-16(9-7-15)21-11-10-17(14-21)23-13-12-22-5/h6-9,17H,10-14H2,1-5H3. The zero-order valence-corrected chi connectivity index (χ0v) is 16.1. The average Bonchev–Trinajstić information content (AvgIpc) is 3.10. The molecule has 2 heterocycles. The first-order chi connectivity index (χ1) is 11.8. The monoisotopic (exact) mass is 347 g/mol. The van der Waals surface area contributed by atoms with E-state index in [9.17, 15) is 0 Å². The molecule has 2 fully saturated rings. The van der Waals surface area contributed by atoms with Crippen molar-refractivity contribution in [3.63, 3.8) is 0 Å². The van der Waals surface area contributed by atoms with Gasteiger partial charge in [-0.05, 0) is 51.7 Å². The van der Waals surface area contributed by atoms with Gasteiger partial charge in [0.25, 0.3) is 0 Å². The summed E-state index contributed by atoms with van der Waals surface area (Å²) in [5.41, 5.74) is 1.67. The van der Waals surface area contributed by atoms with Crippen LogP contribution in [0, 0.1) is 0 Å². The topological polar surface area (TPSA) is 40.2 Å². The first-order valence-corrected chi connectivity index (χ1v) is 9.13. The van der Waals surface area contributed by atoms with Crippen LogP contribution in [0.1, 0.15) is 34.1 Å². The van der Waals surface area contributed by atoms with Crippen molar-refractivity contribution in [1.82, 2.24) is 0 Å². The summed E-state index contributed by atoms with van der Waals surface area (Å²) in [5, 5.41) is 0. The molecular formula is C19H30BNO4. The molecule has 138 valence electrons. The van der Waals surface area contributed by atoms with E-state index in [4.69, 9.17) is 18.8 Å². The summed E-state index contributed by atoms with van der Waals surface area (Å²) in [6, 6.07) is 8.52. The summed E-state index contributed by atoms with van der Waals surface area (Å²) in [6.45, 7) is 11.6. The fraction of sp³-hybridized carbons (Fsp3) is 0.684. The molecule has 0 spiro atoms. The molecule has 0 saturated carbocycles. The van der Waals surface area contributed by atoms with Crippen LogP contribution in [-0.4, -0.2) is 57.8 Å². The number of anilines is 1. The number of nitrogens with zero attached hydrogens (tertiary/aromatic N) is 1. The maximum atomic E-state index is 6.12. The third kappa shape index (κ3) is 4.03. The first kappa shape index (κ1) is 18.7. The lowest BCUT2D eigenvalue weighted by atomic mass is 9.79. The highest BCUT2D eigenvalue weighted by molar-refractivity contribution is 6.62. The number of rotatable bonds is 6.